The fourth-order valence-corrected chi connectivity index (χ4v) is 6.21. The largest absolute Gasteiger partial charge is 0.444 e. The summed E-state index contributed by atoms with van der Waals surface area (Å²) in [7, 11) is -3.77. The molecular weight excluding hydrogens is 624 g/mol. The van der Waals surface area contributed by atoms with Crippen LogP contribution < -0.4 is 20.9 Å². The minimum absolute atomic E-state index is 0.0405. The Morgan fingerprint density at radius 3 is 2.42 bits per heavy atom. The molecule has 13 nitrogen and oxygen atoms in total. The van der Waals surface area contributed by atoms with Crippen molar-refractivity contribution in [3.05, 3.63) is 51.4 Å². The van der Waals surface area contributed by atoms with E-state index in [4.69, 9.17) is 25.8 Å². The van der Waals surface area contributed by atoms with Crippen LogP contribution in [0.3, 0.4) is 0 Å². The molecule has 0 radical (unpaired) electrons. The normalized spacial score (nSPS) is 14.2. The molecule has 1 amide bonds. The second-order valence-corrected chi connectivity index (χ2v) is 13.9. The molecule has 0 bridgehead atoms. The Hall–Kier alpha value is -3.30. The molecule has 2 heterocycles. The van der Waals surface area contributed by atoms with Crippen LogP contribution in [0.1, 0.15) is 58.1 Å². The Balaban J connectivity index is 1.25. The van der Waals surface area contributed by atoms with E-state index in [9.17, 15) is 18.0 Å². The highest BCUT2D eigenvalue weighted by Gasteiger charge is 2.23. The van der Waals surface area contributed by atoms with Crippen LogP contribution in [0.15, 0.2) is 40.2 Å². The van der Waals surface area contributed by atoms with E-state index in [0.29, 0.717) is 42.0 Å². The zero-order valence-electron chi connectivity index (χ0n) is 26.0. The van der Waals surface area contributed by atoms with Crippen LogP contribution in [0.25, 0.3) is 11.0 Å². The van der Waals surface area contributed by atoms with Gasteiger partial charge < -0.3 is 24.8 Å². The molecule has 0 spiro atoms. The van der Waals surface area contributed by atoms with Crippen molar-refractivity contribution in [2.24, 2.45) is 0 Å². The number of fused-ring (bicyclic) bond motifs is 1. The minimum Gasteiger partial charge on any atom is -0.444 e. The molecule has 1 fully saturated rings. The van der Waals surface area contributed by atoms with E-state index < -0.39 is 21.7 Å². The lowest BCUT2D eigenvalue weighted by molar-refractivity contribution is 0.0408. The van der Waals surface area contributed by atoms with Crippen LogP contribution in [0.5, 0.6) is 0 Å². The maximum atomic E-state index is 12.9. The van der Waals surface area contributed by atoms with Crippen molar-refractivity contribution >= 4 is 50.4 Å². The van der Waals surface area contributed by atoms with E-state index in [1.165, 1.54) is 6.07 Å². The summed E-state index contributed by atoms with van der Waals surface area (Å²) < 4.78 is 45.9. The van der Waals surface area contributed by atoms with Gasteiger partial charge in [0.05, 0.1) is 31.3 Å². The average Bonchev–Trinajstić information content (AvgIpc) is 3.49. The Morgan fingerprint density at radius 2 is 1.76 bits per heavy atom. The van der Waals surface area contributed by atoms with Gasteiger partial charge in [-0.1, -0.05) is 24.4 Å². The standard InChI is InChI=1S/C30H41ClN6O7S/c1-20-17-23(45(40,41)34-12-14-43-16-15-42-13-11-32-29(39)44-30(2,3)4)9-10-25(20)35-28-33-19-21-18-24(31)27(38)37(26(21)36-28)22-7-5-6-8-22/h9-10,17-19,22,34H,5-8,11-16H2,1-4H3,(H,32,39)(H,33,35,36). The summed E-state index contributed by atoms with van der Waals surface area (Å²) in [5.41, 5.74) is 0.983. The van der Waals surface area contributed by atoms with E-state index in [1.54, 1.807) is 56.7 Å². The summed E-state index contributed by atoms with van der Waals surface area (Å²) in [5, 5.41) is 6.56. The maximum Gasteiger partial charge on any atom is 0.407 e. The number of aromatic nitrogens is 3. The summed E-state index contributed by atoms with van der Waals surface area (Å²) >= 11 is 6.23. The lowest BCUT2D eigenvalue weighted by Crippen LogP contribution is -2.34. The number of hydrogen-bond acceptors (Lipinski definition) is 10. The first-order chi connectivity index (χ1) is 21.3. The van der Waals surface area contributed by atoms with E-state index in [0.717, 1.165) is 25.7 Å². The number of nitrogens with zero attached hydrogens (tertiary/aromatic N) is 3. The van der Waals surface area contributed by atoms with Crippen LogP contribution in [0.2, 0.25) is 5.02 Å². The number of ether oxygens (including phenoxy) is 3. The molecular formula is C30H41ClN6O7S. The fourth-order valence-electron chi connectivity index (χ4n) is 4.90. The van der Waals surface area contributed by atoms with E-state index in [-0.39, 0.29) is 47.2 Å². The quantitative estimate of drug-likeness (QED) is 0.210. The second-order valence-electron chi connectivity index (χ2n) is 11.7. The SMILES string of the molecule is Cc1cc(S(=O)(=O)NCCOCCOCCNC(=O)OC(C)(C)C)ccc1Nc1ncc2cc(Cl)c(=O)n(C3CCCC3)c2n1. The molecule has 2 aromatic heterocycles. The number of rotatable bonds is 14. The van der Waals surface area contributed by atoms with Gasteiger partial charge in [-0.2, -0.15) is 4.98 Å². The fraction of sp³-hybridized carbons (Fsp3) is 0.533. The van der Waals surface area contributed by atoms with Gasteiger partial charge in [0.15, 0.2) is 0 Å². The summed E-state index contributed by atoms with van der Waals surface area (Å²) in [6, 6.07) is 6.32. The van der Waals surface area contributed by atoms with E-state index >= 15 is 0 Å². The lowest BCUT2D eigenvalue weighted by atomic mass is 10.2. The molecule has 0 saturated heterocycles. The monoisotopic (exact) mass is 664 g/mol. The summed E-state index contributed by atoms with van der Waals surface area (Å²) in [5.74, 6) is 0.285. The van der Waals surface area contributed by atoms with E-state index in [2.05, 4.69) is 25.3 Å². The van der Waals surface area contributed by atoms with Crippen LogP contribution in [-0.2, 0) is 24.2 Å². The molecule has 1 aliphatic carbocycles. The minimum atomic E-state index is -3.77. The average molecular weight is 665 g/mol. The number of carbonyl (C=O) groups excluding carboxylic acids is 1. The molecule has 45 heavy (non-hydrogen) atoms. The van der Waals surface area contributed by atoms with Crippen molar-refractivity contribution in [3.63, 3.8) is 0 Å². The van der Waals surface area contributed by atoms with Gasteiger partial charge in [-0.05, 0) is 70.4 Å². The van der Waals surface area contributed by atoms with Crippen LogP contribution in [-0.4, -0.2) is 74.2 Å². The van der Waals surface area contributed by atoms with Gasteiger partial charge in [-0.15, -0.1) is 0 Å². The highest BCUT2D eigenvalue weighted by atomic mass is 35.5. The molecule has 4 rings (SSSR count). The Morgan fingerprint density at radius 1 is 1.07 bits per heavy atom. The molecule has 3 N–H and O–H groups in total. The first-order valence-corrected chi connectivity index (χ1v) is 16.8. The smallest absolute Gasteiger partial charge is 0.407 e. The number of carbonyl (C=O) groups is 1. The number of anilines is 2. The van der Waals surface area contributed by atoms with Crippen molar-refractivity contribution < 1.29 is 27.4 Å². The van der Waals surface area contributed by atoms with Crippen molar-refractivity contribution in [2.45, 2.75) is 69.9 Å². The number of aryl methyl sites for hydroxylation is 1. The number of benzene rings is 1. The predicted octanol–water partition coefficient (Wildman–Crippen LogP) is 4.45. The van der Waals surface area contributed by atoms with Gasteiger partial charge in [-0.3, -0.25) is 9.36 Å². The highest BCUT2D eigenvalue weighted by molar-refractivity contribution is 7.89. The molecule has 1 aliphatic rings. The van der Waals surface area contributed by atoms with Gasteiger partial charge in [-0.25, -0.2) is 22.9 Å². The maximum absolute atomic E-state index is 12.9. The Bertz CT molecular complexity index is 1650. The summed E-state index contributed by atoms with van der Waals surface area (Å²) in [4.78, 5) is 33.6. The first kappa shape index (κ1) is 34.6. The number of nitrogens with one attached hydrogen (secondary N) is 3. The van der Waals surface area contributed by atoms with Crippen LogP contribution in [0.4, 0.5) is 16.4 Å². The van der Waals surface area contributed by atoms with Crippen LogP contribution >= 0.6 is 11.6 Å². The summed E-state index contributed by atoms with van der Waals surface area (Å²) in [6.45, 7) is 8.54. The van der Waals surface area contributed by atoms with E-state index in [1.807, 2.05) is 0 Å². The number of amides is 1. The number of sulfonamides is 1. The molecule has 0 unspecified atom stereocenters. The highest BCUT2D eigenvalue weighted by Crippen LogP contribution is 2.31. The van der Waals surface area contributed by atoms with Crippen molar-refractivity contribution in [3.8, 4) is 0 Å². The third-order valence-corrected chi connectivity index (χ3v) is 8.73. The first-order valence-electron chi connectivity index (χ1n) is 14.9. The predicted molar refractivity (Wildman–Crippen MR) is 172 cm³/mol. The molecule has 0 atom stereocenters. The number of hydrogen-bond donors (Lipinski definition) is 3. The molecule has 15 heteroatoms. The van der Waals surface area contributed by atoms with Gasteiger partial charge in [0, 0.05) is 36.4 Å². The lowest BCUT2D eigenvalue weighted by Gasteiger charge is -2.19. The topological polar surface area (TPSA) is 163 Å². The zero-order chi connectivity index (χ0) is 32.6. The summed E-state index contributed by atoms with van der Waals surface area (Å²) in [6.07, 6.45) is 4.99. The molecule has 0 aliphatic heterocycles. The Kier molecular flexibility index (Phi) is 11.8. The zero-order valence-corrected chi connectivity index (χ0v) is 27.6. The third-order valence-electron chi connectivity index (χ3n) is 7.00. The van der Waals surface area contributed by atoms with Gasteiger partial charge in [0.1, 0.15) is 16.3 Å². The molecule has 246 valence electrons. The Labute approximate surface area is 268 Å². The van der Waals surface area contributed by atoms with Crippen molar-refractivity contribution in [2.75, 3.05) is 44.8 Å². The number of pyridine rings is 1. The molecule has 1 saturated carbocycles. The van der Waals surface area contributed by atoms with Gasteiger partial charge in [0.2, 0.25) is 16.0 Å². The third kappa shape index (κ3) is 9.84. The number of alkyl carbamates (subject to hydrolysis) is 1. The number of halogens is 1. The second kappa shape index (κ2) is 15.3. The molecule has 3 aromatic rings. The van der Waals surface area contributed by atoms with Crippen LogP contribution in [0, 0.1) is 6.92 Å². The van der Waals surface area contributed by atoms with Gasteiger partial charge >= 0.3 is 6.09 Å². The van der Waals surface area contributed by atoms with Gasteiger partial charge in [0.25, 0.3) is 5.56 Å². The van der Waals surface area contributed by atoms with Crippen molar-refractivity contribution in [1.29, 1.82) is 0 Å². The van der Waals surface area contributed by atoms with Crippen molar-refractivity contribution in [1.82, 2.24) is 24.6 Å². The molecule has 1 aromatic carbocycles.